The van der Waals surface area contributed by atoms with Crippen LogP contribution in [-0.4, -0.2) is 33.7 Å². The molecule has 0 bridgehead atoms. The van der Waals surface area contributed by atoms with Crippen LogP contribution in [0.1, 0.15) is 18.1 Å². The van der Waals surface area contributed by atoms with Crippen molar-refractivity contribution in [2.45, 2.75) is 33.2 Å². The van der Waals surface area contributed by atoms with E-state index < -0.39 is 12.4 Å². The molecule has 0 aliphatic rings. The Morgan fingerprint density at radius 1 is 1.24 bits per heavy atom. The Bertz CT molecular complexity index is 713. The minimum Gasteiger partial charge on any atom is -0.406 e. The number of ether oxygens (including phenoxy) is 1. The first-order chi connectivity index (χ1) is 11.7. The van der Waals surface area contributed by atoms with Crippen LogP contribution >= 0.6 is 0 Å². The van der Waals surface area contributed by atoms with Crippen LogP contribution in [0.25, 0.3) is 0 Å². The number of hydrogen-bond acceptors (Lipinski definition) is 4. The molecule has 1 aromatic heterocycles. The van der Waals surface area contributed by atoms with Crippen molar-refractivity contribution in [3.05, 3.63) is 35.9 Å². The molecule has 2 aromatic rings. The minimum atomic E-state index is -4.74. The van der Waals surface area contributed by atoms with Gasteiger partial charge in [-0.2, -0.15) is 5.10 Å². The highest BCUT2D eigenvalue weighted by Gasteiger charge is 2.30. The fourth-order valence-corrected chi connectivity index (χ4v) is 2.12. The lowest BCUT2D eigenvalue weighted by molar-refractivity contribution is -0.274. The average Bonchev–Trinajstić information content (AvgIpc) is 2.82. The molecule has 0 saturated heterocycles. The second-order valence-electron chi connectivity index (χ2n) is 5.24. The van der Waals surface area contributed by atoms with Crippen molar-refractivity contribution in [3.63, 3.8) is 0 Å². The number of alkyl halides is 3. The van der Waals surface area contributed by atoms with Crippen molar-refractivity contribution in [1.29, 1.82) is 0 Å². The average molecular weight is 357 g/mol. The first kappa shape index (κ1) is 18.6. The molecule has 7 nitrogen and oxygen atoms in total. The number of carbonyl (C=O) groups is 1. The van der Waals surface area contributed by atoms with Crippen LogP contribution < -0.4 is 15.4 Å². The molecule has 0 spiro atoms. The van der Waals surface area contributed by atoms with E-state index in [0.29, 0.717) is 31.0 Å². The lowest BCUT2D eigenvalue weighted by atomic mass is 10.3. The van der Waals surface area contributed by atoms with E-state index in [1.54, 1.807) is 11.6 Å². The summed E-state index contributed by atoms with van der Waals surface area (Å²) in [5.74, 6) is 1.15. The first-order valence-electron chi connectivity index (χ1n) is 7.51. The predicted octanol–water partition coefficient (Wildman–Crippen LogP) is 3.01. The molecular weight excluding hydrogens is 339 g/mol. The van der Waals surface area contributed by atoms with Gasteiger partial charge < -0.3 is 15.4 Å². The van der Waals surface area contributed by atoms with Gasteiger partial charge in [0.1, 0.15) is 17.4 Å². The van der Waals surface area contributed by atoms with Crippen LogP contribution in [0.4, 0.5) is 23.7 Å². The third-order valence-corrected chi connectivity index (χ3v) is 3.14. The topological polar surface area (TPSA) is 81.1 Å². The molecule has 0 aliphatic carbocycles. The van der Waals surface area contributed by atoms with Crippen LogP contribution in [0.5, 0.6) is 5.75 Å². The van der Waals surface area contributed by atoms with Gasteiger partial charge in [0.25, 0.3) is 0 Å². The highest BCUT2D eigenvalue weighted by molar-refractivity contribution is 5.89. The second-order valence-corrected chi connectivity index (χ2v) is 5.24. The summed E-state index contributed by atoms with van der Waals surface area (Å²) in [6.07, 6.45) is -4.08. The SMILES string of the molecule is Cc1nc(C)n(CCCNC(=O)Nc2ccc(OC(F)(F)F)cc2)n1. The van der Waals surface area contributed by atoms with Crippen molar-refractivity contribution in [2.24, 2.45) is 0 Å². The maximum Gasteiger partial charge on any atom is 0.573 e. The zero-order chi connectivity index (χ0) is 18.4. The van der Waals surface area contributed by atoms with E-state index in [-0.39, 0.29) is 5.75 Å². The van der Waals surface area contributed by atoms with Crippen LogP contribution in [0, 0.1) is 13.8 Å². The van der Waals surface area contributed by atoms with Crippen molar-refractivity contribution in [2.75, 3.05) is 11.9 Å². The van der Waals surface area contributed by atoms with Crippen molar-refractivity contribution < 1.29 is 22.7 Å². The van der Waals surface area contributed by atoms with Gasteiger partial charge in [0.05, 0.1) is 0 Å². The molecule has 2 N–H and O–H groups in total. The summed E-state index contributed by atoms with van der Waals surface area (Å²) < 4.78 is 41.7. The lowest BCUT2D eigenvalue weighted by Crippen LogP contribution is -2.30. The first-order valence-corrected chi connectivity index (χ1v) is 7.51. The molecule has 0 aliphatic heterocycles. The molecule has 2 amide bonds. The smallest absolute Gasteiger partial charge is 0.406 e. The van der Waals surface area contributed by atoms with Crippen LogP contribution in [0.2, 0.25) is 0 Å². The van der Waals surface area contributed by atoms with E-state index >= 15 is 0 Å². The fraction of sp³-hybridized carbons (Fsp3) is 0.400. The number of aryl methyl sites for hydroxylation is 3. The van der Waals surface area contributed by atoms with Crippen molar-refractivity contribution >= 4 is 11.7 Å². The van der Waals surface area contributed by atoms with Gasteiger partial charge >= 0.3 is 12.4 Å². The zero-order valence-corrected chi connectivity index (χ0v) is 13.7. The third kappa shape index (κ3) is 6.32. The Balaban J connectivity index is 1.72. The molecule has 1 aromatic carbocycles. The Labute approximate surface area is 142 Å². The number of rotatable bonds is 6. The summed E-state index contributed by atoms with van der Waals surface area (Å²) in [6.45, 7) is 4.70. The van der Waals surface area contributed by atoms with Crippen LogP contribution in [-0.2, 0) is 6.54 Å². The van der Waals surface area contributed by atoms with Gasteiger partial charge in [-0.15, -0.1) is 13.2 Å². The zero-order valence-electron chi connectivity index (χ0n) is 13.7. The van der Waals surface area contributed by atoms with Gasteiger partial charge in [0, 0.05) is 18.8 Å². The van der Waals surface area contributed by atoms with Gasteiger partial charge in [0.15, 0.2) is 0 Å². The molecule has 10 heteroatoms. The number of urea groups is 1. The maximum atomic E-state index is 12.1. The maximum absolute atomic E-state index is 12.1. The van der Waals surface area contributed by atoms with E-state index in [1.807, 2.05) is 6.92 Å². The van der Waals surface area contributed by atoms with Gasteiger partial charge in [-0.05, 0) is 44.5 Å². The lowest BCUT2D eigenvalue weighted by Gasteiger charge is -2.10. The molecular formula is C15H18F3N5O2. The Morgan fingerprint density at radius 3 is 2.48 bits per heavy atom. The summed E-state index contributed by atoms with van der Waals surface area (Å²) in [5.41, 5.74) is 0.356. The number of hydrogen-bond donors (Lipinski definition) is 2. The third-order valence-electron chi connectivity index (χ3n) is 3.14. The monoisotopic (exact) mass is 357 g/mol. The summed E-state index contributed by atoms with van der Waals surface area (Å²) in [6, 6.07) is 4.44. The Kier molecular flexibility index (Phi) is 5.84. The fourth-order valence-electron chi connectivity index (χ4n) is 2.12. The number of halogens is 3. The number of nitrogens with one attached hydrogen (secondary N) is 2. The quantitative estimate of drug-likeness (QED) is 0.779. The Hall–Kier alpha value is -2.78. The van der Waals surface area contributed by atoms with Crippen molar-refractivity contribution in [3.8, 4) is 5.75 Å². The van der Waals surface area contributed by atoms with E-state index in [1.165, 1.54) is 12.1 Å². The molecule has 1 heterocycles. The van der Waals surface area contributed by atoms with E-state index in [0.717, 1.165) is 18.0 Å². The largest absolute Gasteiger partial charge is 0.573 e. The summed E-state index contributed by atoms with van der Waals surface area (Å²) in [7, 11) is 0. The molecule has 136 valence electrons. The van der Waals surface area contributed by atoms with E-state index in [9.17, 15) is 18.0 Å². The molecule has 0 radical (unpaired) electrons. The highest BCUT2D eigenvalue weighted by Crippen LogP contribution is 2.23. The Morgan fingerprint density at radius 2 is 1.92 bits per heavy atom. The molecule has 0 saturated carbocycles. The number of aromatic nitrogens is 3. The summed E-state index contributed by atoms with van der Waals surface area (Å²) in [4.78, 5) is 15.9. The molecule has 25 heavy (non-hydrogen) atoms. The standard InChI is InChI=1S/C15H18F3N5O2/c1-10-20-11(2)23(22-10)9-3-8-19-14(24)21-12-4-6-13(7-5-12)25-15(16,17)18/h4-7H,3,8-9H2,1-2H3,(H2,19,21,24). The van der Waals surface area contributed by atoms with E-state index in [4.69, 9.17) is 0 Å². The number of carbonyl (C=O) groups excluding carboxylic acids is 1. The van der Waals surface area contributed by atoms with Gasteiger partial charge in [0.2, 0.25) is 0 Å². The normalized spacial score (nSPS) is 11.2. The molecule has 2 rings (SSSR count). The van der Waals surface area contributed by atoms with Gasteiger partial charge in [-0.25, -0.2) is 9.78 Å². The molecule has 0 unspecified atom stereocenters. The molecule has 0 fully saturated rings. The number of amides is 2. The summed E-state index contributed by atoms with van der Waals surface area (Å²) in [5, 5.41) is 9.40. The van der Waals surface area contributed by atoms with Gasteiger partial charge in [-0.3, -0.25) is 4.68 Å². The summed E-state index contributed by atoms with van der Waals surface area (Å²) >= 11 is 0. The van der Waals surface area contributed by atoms with Crippen LogP contribution in [0.15, 0.2) is 24.3 Å². The number of nitrogens with zero attached hydrogens (tertiary/aromatic N) is 3. The highest BCUT2D eigenvalue weighted by atomic mass is 19.4. The second kappa shape index (κ2) is 7.86. The van der Waals surface area contributed by atoms with Crippen molar-refractivity contribution in [1.82, 2.24) is 20.1 Å². The predicted molar refractivity (Wildman–Crippen MR) is 84.3 cm³/mol. The molecule has 0 atom stereocenters. The van der Waals surface area contributed by atoms with Gasteiger partial charge in [-0.1, -0.05) is 0 Å². The van der Waals surface area contributed by atoms with Crippen LogP contribution in [0.3, 0.4) is 0 Å². The minimum absolute atomic E-state index is 0.350. The van der Waals surface area contributed by atoms with E-state index in [2.05, 4.69) is 25.5 Å². The number of benzene rings is 1. The number of anilines is 1.